The Kier molecular flexibility index (Phi) is 6.23. The van der Waals surface area contributed by atoms with E-state index in [1.807, 2.05) is 53.2 Å². The van der Waals surface area contributed by atoms with Crippen LogP contribution in [0.25, 0.3) is 0 Å². The Labute approximate surface area is 176 Å². The molecule has 2 N–H and O–H groups in total. The molecule has 1 atom stereocenters. The predicted octanol–water partition coefficient (Wildman–Crippen LogP) is 2.88. The van der Waals surface area contributed by atoms with Gasteiger partial charge in [-0.2, -0.15) is 5.10 Å². The molecule has 6 nitrogen and oxygen atoms in total. The fourth-order valence-electron chi connectivity index (χ4n) is 3.85. The Balaban J connectivity index is 1.25. The van der Waals surface area contributed by atoms with Crippen LogP contribution in [-0.4, -0.2) is 27.6 Å². The van der Waals surface area contributed by atoms with E-state index in [1.165, 1.54) is 5.56 Å². The van der Waals surface area contributed by atoms with Crippen LogP contribution in [0, 0.1) is 0 Å². The van der Waals surface area contributed by atoms with Gasteiger partial charge in [-0.1, -0.05) is 60.7 Å². The van der Waals surface area contributed by atoms with Gasteiger partial charge >= 0.3 is 0 Å². The molecule has 0 radical (unpaired) electrons. The number of carbonyl (C=O) groups excluding carboxylic acids is 2. The summed E-state index contributed by atoms with van der Waals surface area (Å²) in [7, 11) is 0. The van der Waals surface area contributed by atoms with Crippen molar-refractivity contribution in [2.75, 3.05) is 0 Å². The Morgan fingerprint density at radius 1 is 1.00 bits per heavy atom. The summed E-state index contributed by atoms with van der Waals surface area (Å²) < 4.78 is 1.83. The molecule has 2 amide bonds. The van der Waals surface area contributed by atoms with E-state index in [1.54, 1.807) is 6.20 Å². The van der Waals surface area contributed by atoms with Gasteiger partial charge in [0.25, 0.3) is 5.91 Å². The molecule has 4 rings (SSSR count). The molecule has 1 aliphatic heterocycles. The highest BCUT2D eigenvalue weighted by Gasteiger charge is 2.28. The smallest absolute Gasteiger partial charge is 0.255 e. The summed E-state index contributed by atoms with van der Waals surface area (Å²) in [6.45, 7) is 1.08. The first-order valence-corrected chi connectivity index (χ1v) is 10.4. The second kappa shape index (κ2) is 9.39. The quantitative estimate of drug-likeness (QED) is 0.608. The highest BCUT2D eigenvalue weighted by atomic mass is 16.2. The van der Waals surface area contributed by atoms with Crippen LogP contribution in [0.1, 0.15) is 40.0 Å². The van der Waals surface area contributed by atoms with E-state index in [-0.39, 0.29) is 17.9 Å². The van der Waals surface area contributed by atoms with Gasteiger partial charge in [0, 0.05) is 19.4 Å². The van der Waals surface area contributed by atoms with Crippen molar-refractivity contribution in [1.82, 2.24) is 20.4 Å². The van der Waals surface area contributed by atoms with E-state index in [9.17, 15) is 9.59 Å². The molecule has 6 heteroatoms. The minimum Gasteiger partial charge on any atom is -0.351 e. The molecule has 0 aliphatic carbocycles. The molecule has 30 heavy (non-hydrogen) atoms. The lowest BCUT2D eigenvalue weighted by Crippen LogP contribution is -2.36. The lowest BCUT2D eigenvalue weighted by atomic mass is 10.1. The van der Waals surface area contributed by atoms with Crippen LogP contribution in [0.3, 0.4) is 0 Å². The zero-order valence-electron chi connectivity index (χ0n) is 16.9. The molecule has 0 fully saturated rings. The summed E-state index contributed by atoms with van der Waals surface area (Å²) in [6.07, 6.45) is 4.46. The number of fused-ring (bicyclic) bond motifs is 1. The zero-order valence-corrected chi connectivity index (χ0v) is 16.9. The SMILES string of the molecule is O=C(CCCc1ccccc1)NC1Cc2c(C(=O)NCc3ccccc3)cnn2C1. The molecule has 2 heterocycles. The van der Waals surface area contributed by atoms with Gasteiger partial charge in [-0.15, -0.1) is 0 Å². The molecule has 2 aromatic carbocycles. The third-order valence-electron chi connectivity index (χ3n) is 5.40. The lowest BCUT2D eigenvalue weighted by Gasteiger charge is -2.12. The number of aryl methyl sites for hydroxylation is 1. The van der Waals surface area contributed by atoms with Crippen molar-refractivity contribution in [2.45, 2.75) is 44.8 Å². The Morgan fingerprint density at radius 2 is 1.70 bits per heavy atom. The highest BCUT2D eigenvalue weighted by molar-refractivity contribution is 5.95. The van der Waals surface area contributed by atoms with Crippen molar-refractivity contribution in [3.63, 3.8) is 0 Å². The molecular formula is C24H26N4O2. The molecule has 154 valence electrons. The van der Waals surface area contributed by atoms with Crippen LogP contribution in [0.15, 0.2) is 66.9 Å². The van der Waals surface area contributed by atoms with Crippen molar-refractivity contribution >= 4 is 11.8 Å². The van der Waals surface area contributed by atoms with Crippen molar-refractivity contribution in [3.05, 3.63) is 89.2 Å². The van der Waals surface area contributed by atoms with Crippen LogP contribution in [-0.2, 0) is 30.7 Å². The standard InChI is InChI=1S/C24H26N4O2/c29-23(13-7-12-18-8-3-1-4-9-18)27-20-14-22-21(16-26-28(22)17-20)24(30)25-15-19-10-5-2-6-11-19/h1-6,8-11,16,20H,7,12-15,17H2,(H,25,30)(H,27,29). The molecule has 0 spiro atoms. The van der Waals surface area contributed by atoms with Gasteiger partial charge in [-0.25, -0.2) is 0 Å². The average Bonchev–Trinajstić information content (AvgIpc) is 3.33. The maximum atomic E-state index is 12.6. The normalized spacial score (nSPS) is 14.9. The zero-order chi connectivity index (χ0) is 20.8. The summed E-state index contributed by atoms with van der Waals surface area (Å²) in [5, 5.41) is 10.4. The predicted molar refractivity (Wildman–Crippen MR) is 115 cm³/mol. The number of carbonyl (C=O) groups is 2. The molecule has 1 aromatic heterocycles. The van der Waals surface area contributed by atoms with Gasteiger partial charge in [0.15, 0.2) is 0 Å². The third-order valence-corrected chi connectivity index (χ3v) is 5.40. The van der Waals surface area contributed by atoms with Gasteiger partial charge < -0.3 is 10.6 Å². The fourth-order valence-corrected chi connectivity index (χ4v) is 3.85. The summed E-state index contributed by atoms with van der Waals surface area (Å²) in [6, 6.07) is 20.0. The largest absolute Gasteiger partial charge is 0.351 e. The van der Waals surface area contributed by atoms with E-state index >= 15 is 0 Å². The van der Waals surface area contributed by atoms with E-state index in [0.717, 1.165) is 24.1 Å². The van der Waals surface area contributed by atoms with Crippen LogP contribution in [0.5, 0.6) is 0 Å². The van der Waals surface area contributed by atoms with Crippen LogP contribution < -0.4 is 10.6 Å². The molecule has 0 saturated heterocycles. The first-order chi connectivity index (χ1) is 14.7. The van der Waals surface area contributed by atoms with E-state index in [2.05, 4.69) is 27.9 Å². The molecule has 0 saturated carbocycles. The van der Waals surface area contributed by atoms with Gasteiger partial charge in [0.2, 0.25) is 5.91 Å². The Bertz CT molecular complexity index is 999. The number of benzene rings is 2. The van der Waals surface area contributed by atoms with Gasteiger partial charge in [0.1, 0.15) is 0 Å². The van der Waals surface area contributed by atoms with Crippen molar-refractivity contribution in [2.24, 2.45) is 0 Å². The van der Waals surface area contributed by atoms with E-state index in [4.69, 9.17) is 0 Å². The second-order valence-corrected chi connectivity index (χ2v) is 7.66. The maximum absolute atomic E-state index is 12.6. The van der Waals surface area contributed by atoms with Crippen LogP contribution in [0.4, 0.5) is 0 Å². The molecular weight excluding hydrogens is 376 g/mol. The lowest BCUT2D eigenvalue weighted by molar-refractivity contribution is -0.121. The summed E-state index contributed by atoms with van der Waals surface area (Å²) >= 11 is 0. The number of aromatic nitrogens is 2. The average molecular weight is 402 g/mol. The van der Waals surface area contributed by atoms with Gasteiger partial charge in [-0.05, 0) is 24.0 Å². The van der Waals surface area contributed by atoms with Crippen LogP contribution >= 0.6 is 0 Å². The third kappa shape index (κ3) is 4.95. The number of nitrogens with zero attached hydrogens (tertiary/aromatic N) is 2. The maximum Gasteiger partial charge on any atom is 0.255 e. The van der Waals surface area contributed by atoms with Crippen molar-refractivity contribution in [1.29, 1.82) is 0 Å². The number of amides is 2. The first kappa shape index (κ1) is 19.9. The number of nitrogens with one attached hydrogen (secondary N) is 2. The van der Waals surface area contributed by atoms with Crippen molar-refractivity contribution < 1.29 is 9.59 Å². The number of rotatable bonds is 8. The summed E-state index contributed by atoms with van der Waals surface area (Å²) in [5.74, 6) is -0.0771. The topological polar surface area (TPSA) is 76.0 Å². The first-order valence-electron chi connectivity index (χ1n) is 10.4. The minimum atomic E-state index is -0.130. The van der Waals surface area contributed by atoms with E-state index < -0.39 is 0 Å². The van der Waals surface area contributed by atoms with Crippen molar-refractivity contribution in [3.8, 4) is 0 Å². The second-order valence-electron chi connectivity index (χ2n) is 7.66. The highest BCUT2D eigenvalue weighted by Crippen LogP contribution is 2.19. The minimum absolute atomic E-state index is 0.0152. The van der Waals surface area contributed by atoms with Crippen LogP contribution in [0.2, 0.25) is 0 Å². The molecule has 1 unspecified atom stereocenters. The van der Waals surface area contributed by atoms with Gasteiger partial charge in [-0.3, -0.25) is 14.3 Å². The van der Waals surface area contributed by atoms with E-state index in [0.29, 0.717) is 31.5 Å². The fraction of sp³-hybridized carbons (Fsp3) is 0.292. The summed E-state index contributed by atoms with van der Waals surface area (Å²) in [5.41, 5.74) is 3.77. The molecule has 3 aromatic rings. The molecule has 0 bridgehead atoms. The van der Waals surface area contributed by atoms with Gasteiger partial charge in [0.05, 0.1) is 30.0 Å². The monoisotopic (exact) mass is 402 g/mol. The number of hydrogen-bond donors (Lipinski definition) is 2. The number of hydrogen-bond acceptors (Lipinski definition) is 3. The Hall–Kier alpha value is -3.41. The molecule has 1 aliphatic rings. The Morgan fingerprint density at radius 3 is 2.43 bits per heavy atom. The summed E-state index contributed by atoms with van der Waals surface area (Å²) in [4.78, 5) is 24.9.